The van der Waals surface area contributed by atoms with Crippen molar-refractivity contribution in [3.8, 4) is 0 Å². The van der Waals surface area contributed by atoms with Crippen LogP contribution in [0.1, 0.15) is 24.0 Å². The summed E-state index contributed by atoms with van der Waals surface area (Å²) in [5.41, 5.74) is 2.92. The number of anilines is 1. The van der Waals surface area contributed by atoms with Gasteiger partial charge in [0.15, 0.2) is 0 Å². The molecule has 2 heterocycles. The SMILES string of the molecule is Cc1ccc(CN2CCSCC2)cc1NC(=O)C1CCCN(S(=O)(=O)c2ccc(F)cc2)C1. The molecule has 33 heavy (non-hydrogen) atoms. The number of nitrogens with zero attached hydrogens (tertiary/aromatic N) is 2. The fraction of sp³-hybridized carbons (Fsp3) is 0.458. The summed E-state index contributed by atoms with van der Waals surface area (Å²) in [6.07, 6.45) is 1.23. The van der Waals surface area contributed by atoms with Crippen LogP contribution < -0.4 is 5.32 Å². The van der Waals surface area contributed by atoms with Crippen LogP contribution in [-0.2, 0) is 21.4 Å². The summed E-state index contributed by atoms with van der Waals surface area (Å²) in [4.78, 5) is 15.5. The Labute approximate surface area is 199 Å². The van der Waals surface area contributed by atoms with E-state index in [1.165, 1.54) is 16.4 Å². The number of amides is 1. The Morgan fingerprint density at radius 2 is 1.85 bits per heavy atom. The normalized spacial score (nSPS) is 20.5. The highest BCUT2D eigenvalue weighted by Gasteiger charge is 2.33. The maximum Gasteiger partial charge on any atom is 0.243 e. The van der Waals surface area contributed by atoms with Crippen LogP contribution in [0.15, 0.2) is 47.4 Å². The maximum atomic E-state index is 13.2. The van der Waals surface area contributed by atoms with Crippen LogP contribution in [0.3, 0.4) is 0 Å². The zero-order valence-electron chi connectivity index (χ0n) is 18.8. The molecule has 0 spiro atoms. The molecule has 2 aliphatic rings. The second-order valence-electron chi connectivity index (χ2n) is 8.68. The molecule has 9 heteroatoms. The number of rotatable bonds is 6. The van der Waals surface area contributed by atoms with E-state index >= 15 is 0 Å². The highest BCUT2D eigenvalue weighted by atomic mass is 32.2. The van der Waals surface area contributed by atoms with Crippen LogP contribution in [0.2, 0.25) is 0 Å². The van der Waals surface area contributed by atoms with E-state index < -0.39 is 21.8 Å². The second kappa shape index (κ2) is 10.5. The van der Waals surface area contributed by atoms with Gasteiger partial charge in [-0.25, -0.2) is 12.8 Å². The van der Waals surface area contributed by atoms with Crippen molar-refractivity contribution in [2.75, 3.05) is 43.0 Å². The molecule has 1 unspecified atom stereocenters. The molecular weight excluding hydrogens is 461 g/mol. The molecule has 2 aromatic carbocycles. The Hall–Kier alpha value is -1.94. The number of hydrogen-bond donors (Lipinski definition) is 1. The molecule has 0 aliphatic carbocycles. The van der Waals surface area contributed by atoms with Gasteiger partial charge in [-0.2, -0.15) is 16.1 Å². The lowest BCUT2D eigenvalue weighted by molar-refractivity contribution is -0.120. The smallest absolute Gasteiger partial charge is 0.243 e. The summed E-state index contributed by atoms with van der Waals surface area (Å²) in [6.45, 7) is 5.43. The fourth-order valence-electron chi connectivity index (χ4n) is 4.28. The Kier molecular flexibility index (Phi) is 7.73. The lowest BCUT2D eigenvalue weighted by Crippen LogP contribution is -2.43. The minimum absolute atomic E-state index is 0.0459. The minimum Gasteiger partial charge on any atom is -0.326 e. The third-order valence-corrected chi connectivity index (χ3v) is 9.10. The molecule has 1 atom stereocenters. The van der Waals surface area contributed by atoms with Gasteiger partial charge in [-0.1, -0.05) is 12.1 Å². The largest absolute Gasteiger partial charge is 0.326 e. The maximum absolute atomic E-state index is 13.2. The highest BCUT2D eigenvalue weighted by molar-refractivity contribution is 7.99. The van der Waals surface area contributed by atoms with Gasteiger partial charge >= 0.3 is 0 Å². The van der Waals surface area contributed by atoms with Crippen LogP contribution in [0.4, 0.5) is 10.1 Å². The number of nitrogens with one attached hydrogen (secondary N) is 1. The average molecular weight is 492 g/mol. The van der Waals surface area contributed by atoms with Crippen molar-refractivity contribution in [3.63, 3.8) is 0 Å². The van der Waals surface area contributed by atoms with E-state index in [1.807, 2.05) is 30.8 Å². The number of hydrogen-bond acceptors (Lipinski definition) is 5. The first kappa shape index (κ1) is 24.2. The standard InChI is InChI=1S/C24H30FN3O3S2/c1-18-4-5-19(16-27-11-13-32-14-12-27)15-23(18)26-24(29)20-3-2-10-28(17-20)33(30,31)22-8-6-21(25)7-9-22/h4-9,15,20H,2-3,10-14,16-17H2,1H3,(H,26,29). The van der Waals surface area contributed by atoms with E-state index in [-0.39, 0.29) is 17.3 Å². The summed E-state index contributed by atoms with van der Waals surface area (Å²) in [6, 6.07) is 11.0. The van der Waals surface area contributed by atoms with E-state index in [0.717, 1.165) is 60.1 Å². The molecule has 1 amide bonds. The number of carbonyl (C=O) groups is 1. The predicted molar refractivity (Wildman–Crippen MR) is 130 cm³/mol. The van der Waals surface area contributed by atoms with Gasteiger partial charge in [0.2, 0.25) is 15.9 Å². The first-order valence-electron chi connectivity index (χ1n) is 11.3. The van der Waals surface area contributed by atoms with Gasteiger partial charge in [-0.3, -0.25) is 9.69 Å². The Morgan fingerprint density at radius 3 is 2.58 bits per heavy atom. The molecule has 2 aromatic rings. The summed E-state index contributed by atoms with van der Waals surface area (Å²) in [5, 5.41) is 3.04. The van der Waals surface area contributed by atoms with E-state index in [4.69, 9.17) is 0 Å². The first-order valence-corrected chi connectivity index (χ1v) is 13.9. The fourth-order valence-corrected chi connectivity index (χ4v) is 6.79. The Bertz CT molecular complexity index is 1090. The molecule has 0 bridgehead atoms. The lowest BCUT2D eigenvalue weighted by Gasteiger charge is -2.31. The monoisotopic (exact) mass is 491 g/mol. The molecule has 2 fully saturated rings. The number of benzene rings is 2. The topological polar surface area (TPSA) is 69.7 Å². The van der Waals surface area contributed by atoms with Gasteiger partial charge in [0.25, 0.3) is 0 Å². The summed E-state index contributed by atoms with van der Waals surface area (Å²) in [5.74, 6) is 1.21. The second-order valence-corrected chi connectivity index (χ2v) is 11.8. The Morgan fingerprint density at radius 1 is 1.12 bits per heavy atom. The van der Waals surface area contributed by atoms with Gasteiger partial charge in [-0.15, -0.1) is 0 Å². The third kappa shape index (κ3) is 5.95. The van der Waals surface area contributed by atoms with E-state index in [1.54, 1.807) is 0 Å². The van der Waals surface area contributed by atoms with Crippen molar-refractivity contribution in [1.29, 1.82) is 0 Å². The van der Waals surface area contributed by atoms with E-state index in [0.29, 0.717) is 19.4 Å². The Balaban J connectivity index is 1.42. The molecular formula is C24H30FN3O3S2. The van der Waals surface area contributed by atoms with Crippen LogP contribution in [0.5, 0.6) is 0 Å². The van der Waals surface area contributed by atoms with Crippen molar-refractivity contribution in [2.45, 2.75) is 31.2 Å². The number of sulfonamides is 1. The third-order valence-electron chi connectivity index (χ3n) is 6.28. The molecule has 0 aromatic heterocycles. The molecule has 178 valence electrons. The molecule has 4 rings (SSSR count). The van der Waals surface area contributed by atoms with Crippen LogP contribution >= 0.6 is 11.8 Å². The minimum atomic E-state index is -3.77. The highest BCUT2D eigenvalue weighted by Crippen LogP contribution is 2.26. The van der Waals surface area contributed by atoms with Crippen LogP contribution in [0, 0.1) is 18.7 Å². The number of thioether (sulfide) groups is 1. The molecule has 2 aliphatic heterocycles. The van der Waals surface area contributed by atoms with E-state index in [9.17, 15) is 17.6 Å². The molecule has 0 saturated carbocycles. The lowest BCUT2D eigenvalue weighted by atomic mass is 9.98. The number of carbonyl (C=O) groups excluding carboxylic acids is 1. The van der Waals surface area contributed by atoms with Crippen LogP contribution in [-0.4, -0.2) is 61.2 Å². The molecule has 2 saturated heterocycles. The van der Waals surface area contributed by atoms with E-state index in [2.05, 4.69) is 16.3 Å². The van der Waals surface area contributed by atoms with Gasteiger partial charge in [0.1, 0.15) is 5.82 Å². The zero-order valence-corrected chi connectivity index (χ0v) is 20.4. The van der Waals surface area contributed by atoms with Gasteiger partial charge < -0.3 is 5.32 Å². The predicted octanol–water partition coefficient (Wildman–Crippen LogP) is 3.72. The molecule has 0 radical (unpaired) electrons. The van der Waals surface area contributed by atoms with Crippen molar-refractivity contribution >= 4 is 33.4 Å². The van der Waals surface area contributed by atoms with Crippen molar-refractivity contribution in [1.82, 2.24) is 9.21 Å². The number of piperidine rings is 1. The summed E-state index contributed by atoms with van der Waals surface area (Å²) >= 11 is 1.98. The van der Waals surface area contributed by atoms with Crippen molar-refractivity contribution in [2.24, 2.45) is 5.92 Å². The quantitative estimate of drug-likeness (QED) is 0.667. The van der Waals surface area contributed by atoms with Crippen molar-refractivity contribution < 1.29 is 17.6 Å². The van der Waals surface area contributed by atoms with Gasteiger partial charge in [-0.05, 0) is 61.2 Å². The summed E-state index contributed by atoms with van der Waals surface area (Å²) < 4.78 is 40.5. The first-order chi connectivity index (χ1) is 15.8. The molecule has 6 nitrogen and oxygen atoms in total. The molecule has 1 N–H and O–H groups in total. The van der Waals surface area contributed by atoms with Gasteiger partial charge in [0.05, 0.1) is 10.8 Å². The summed E-state index contributed by atoms with van der Waals surface area (Å²) in [7, 11) is -3.77. The van der Waals surface area contributed by atoms with Gasteiger partial charge in [0, 0.05) is 49.9 Å². The van der Waals surface area contributed by atoms with Crippen LogP contribution in [0.25, 0.3) is 0 Å². The average Bonchev–Trinajstić information content (AvgIpc) is 2.82. The zero-order chi connectivity index (χ0) is 23.4. The van der Waals surface area contributed by atoms with Crippen molar-refractivity contribution in [3.05, 3.63) is 59.4 Å². The number of aryl methyl sites for hydroxylation is 1. The number of halogens is 1.